The predicted molar refractivity (Wildman–Crippen MR) is 76.3 cm³/mol. The topological polar surface area (TPSA) is 113 Å². The molecule has 1 aromatic heterocycles. The summed E-state index contributed by atoms with van der Waals surface area (Å²) in [5.41, 5.74) is 0. The summed E-state index contributed by atoms with van der Waals surface area (Å²) in [6, 6.07) is 0. The minimum Gasteiger partial charge on any atom is -0.478 e. The van der Waals surface area contributed by atoms with Gasteiger partial charge in [-0.15, -0.1) is 0 Å². The first-order valence-electron chi connectivity index (χ1n) is 5.42. The Balaban J connectivity index is 2.85. The summed E-state index contributed by atoms with van der Waals surface area (Å²) in [6.45, 7) is 2.60. The van der Waals surface area contributed by atoms with Gasteiger partial charge in [0.15, 0.2) is 15.0 Å². The molecule has 2 N–H and O–H groups in total. The number of anilines is 1. The maximum Gasteiger partial charge on any atom is 0.328 e. The van der Waals surface area contributed by atoms with Crippen molar-refractivity contribution >= 4 is 44.3 Å². The smallest absolute Gasteiger partial charge is 0.328 e. The number of carbonyl (C=O) groups excluding carboxylic acids is 1. The van der Waals surface area contributed by atoms with Gasteiger partial charge in [-0.25, -0.2) is 18.2 Å². The van der Waals surface area contributed by atoms with E-state index in [0.717, 1.165) is 23.7 Å². The summed E-state index contributed by atoms with van der Waals surface area (Å²) in [5, 5.41) is 11.1. The molecule has 1 amide bonds. The third-order valence-corrected chi connectivity index (χ3v) is 5.53. The molecule has 1 rings (SSSR count). The maximum absolute atomic E-state index is 11.9. The molecule has 0 atom stereocenters. The number of aliphatic carboxylic acids is 1. The zero-order chi connectivity index (χ0) is 15.6. The molecule has 1 aromatic rings. The molecule has 0 radical (unpaired) electrons. The van der Waals surface area contributed by atoms with Crippen LogP contribution in [0.15, 0.2) is 12.3 Å². The first-order chi connectivity index (χ1) is 9.04. The standard InChI is InChI=1S/C11H14N2O5S2/c1-11(2,20(3,17)18)9(16)13-10-12-6-7(19-10)4-5-8(14)15/h4-6H,1-3H3,(H,14,15)(H,12,13,16). The van der Waals surface area contributed by atoms with E-state index in [4.69, 9.17) is 5.11 Å². The Bertz CT molecular complexity index is 658. The van der Waals surface area contributed by atoms with Gasteiger partial charge in [0, 0.05) is 23.4 Å². The van der Waals surface area contributed by atoms with E-state index in [-0.39, 0.29) is 5.13 Å². The molecule has 0 aliphatic carbocycles. The number of carboxylic acid groups (broad SMARTS) is 1. The molecule has 110 valence electrons. The Morgan fingerprint density at radius 2 is 2.05 bits per heavy atom. The van der Waals surface area contributed by atoms with Gasteiger partial charge in [-0.2, -0.15) is 0 Å². The summed E-state index contributed by atoms with van der Waals surface area (Å²) in [6.07, 6.45) is 4.64. The van der Waals surface area contributed by atoms with Gasteiger partial charge in [-0.05, 0) is 19.9 Å². The van der Waals surface area contributed by atoms with Gasteiger partial charge in [-0.1, -0.05) is 11.3 Å². The van der Waals surface area contributed by atoms with Gasteiger partial charge in [0.1, 0.15) is 4.75 Å². The molecule has 0 aromatic carbocycles. The van der Waals surface area contributed by atoms with Crippen LogP contribution in [0, 0.1) is 0 Å². The number of sulfone groups is 1. The number of rotatable bonds is 5. The average molecular weight is 318 g/mol. The number of nitrogens with zero attached hydrogens (tertiary/aromatic N) is 1. The lowest BCUT2D eigenvalue weighted by Crippen LogP contribution is -2.43. The third kappa shape index (κ3) is 3.87. The third-order valence-electron chi connectivity index (χ3n) is 2.61. The van der Waals surface area contributed by atoms with Gasteiger partial charge in [-0.3, -0.25) is 4.79 Å². The molecule has 7 nitrogen and oxygen atoms in total. The number of hydrogen-bond donors (Lipinski definition) is 2. The summed E-state index contributed by atoms with van der Waals surface area (Å²) in [5.74, 6) is -1.79. The van der Waals surface area contributed by atoms with Gasteiger partial charge in [0.2, 0.25) is 5.91 Å². The second-order valence-electron chi connectivity index (χ2n) is 4.48. The van der Waals surface area contributed by atoms with Crippen LogP contribution in [0.5, 0.6) is 0 Å². The van der Waals surface area contributed by atoms with Crippen LogP contribution in [0.3, 0.4) is 0 Å². The molecule has 0 unspecified atom stereocenters. The van der Waals surface area contributed by atoms with Gasteiger partial charge < -0.3 is 10.4 Å². The van der Waals surface area contributed by atoms with Crippen molar-refractivity contribution in [2.45, 2.75) is 18.6 Å². The lowest BCUT2D eigenvalue weighted by molar-refractivity contribution is -0.131. The molecule has 0 saturated heterocycles. The van der Waals surface area contributed by atoms with Crippen molar-refractivity contribution < 1.29 is 23.1 Å². The van der Waals surface area contributed by atoms with Gasteiger partial charge >= 0.3 is 5.97 Å². The Hall–Kier alpha value is -1.74. The normalized spacial score (nSPS) is 12.6. The molecule has 0 fully saturated rings. The monoisotopic (exact) mass is 318 g/mol. The molecule has 0 bridgehead atoms. The largest absolute Gasteiger partial charge is 0.478 e. The SMILES string of the molecule is CC(C)(C(=O)Nc1ncc(C=CC(=O)O)s1)S(C)(=O)=O. The van der Waals surface area contributed by atoms with Crippen LogP contribution in [0.1, 0.15) is 18.7 Å². The van der Waals surface area contributed by atoms with Crippen molar-refractivity contribution in [2.24, 2.45) is 0 Å². The van der Waals surface area contributed by atoms with Crippen LogP contribution in [0.25, 0.3) is 6.08 Å². The minimum absolute atomic E-state index is 0.205. The van der Waals surface area contributed by atoms with Crippen LogP contribution < -0.4 is 5.32 Å². The van der Waals surface area contributed by atoms with Crippen LogP contribution in [0.4, 0.5) is 5.13 Å². The Morgan fingerprint density at radius 1 is 1.45 bits per heavy atom. The van der Waals surface area contributed by atoms with Gasteiger partial charge in [0.25, 0.3) is 0 Å². The number of aromatic nitrogens is 1. The van der Waals surface area contributed by atoms with Crippen molar-refractivity contribution in [3.05, 3.63) is 17.2 Å². The molecule has 0 aliphatic heterocycles. The number of carboxylic acids is 1. The summed E-state index contributed by atoms with van der Waals surface area (Å²) in [7, 11) is -3.56. The number of nitrogens with one attached hydrogen (secondary N) is 1. The highest BCUT2D eigenvalue weighted by Gasteiger charge is 2.38. The summed E-state index contributed by atoms with van der Waals surface area (Å²) >= 11 is 1.04. The van der Waals surface area contributed by atoms with Gasteiger partial charge in [0.05, 0.1) is 0 Å². The lowest BCUT2D eigenvalue weighted by Gasteiger charge is -2.20. The summed E-state index contributed by atoms with van der Waals surface area (Å²) < 4.78 is 21.5. The molecule has 1 heterocycles. The van der Waals surface area contributed by atoms with Crippen molar-refractivity contribution in [1.29, 1.82) is 0 Å². The Morgan fingerprint density at radius 3 is 2.55 bits per heavy atom. The Labute approximate surface area is 120 Å². The molecule has 20 heavy (non-hydrogen) atoms. The van der Waals surface area contributed by atoms with Crippen LogP contribution in [-0.2, 0) is 19.4 Å². The van der Waals surface area contributed by atoms with E-state index in [1.807, 2.05) is 0 Å². The van der Waals surface area contributed by atoms with E-state index in [2.05, 4.69) is 10.3 Å². The summed E-state index contributed by atoms with van der Waals surface area (Å²) in [4.78, 5) is 26.7. The fourth-order valence-corrected chi connectivity index (χ4v) is 2.09. The number of thiazole rings is 1. The predicted octanol–water partition coefficient (Wildman–Crippen LogP) is 1.00. The fraction of sp³-hybridized carbons (Fsp3) is 0.364. The quantitative estimate of drug-likeness (QED) is 0.783. The van der Waals surface area contributed by atoms with E-state index < -0.39 is 26.5 Å². The molecule has 0 spiro atoms. The van der Waals surface area contributed by atoms with E-state index >= 15 is 0 Å². The highest BCUT2D eigenvalue weighted by Crippen LogP contribution is 2.23. The van der Waals surface area contributed by atoms with Crippen molar-refractivity contribution in [3.8, 4) is 0 Å². The maximum atomic E-state index is 11.9. The first-order valence-corrected chi connectivity index (χ1v) is 8.12. The van der Waals surface area contributed by atoms with Crippen LogP contribution in [0.2, 0.25) is 0 Å². The van der Waals surface area contributed by atoms with Crippen molar-refractivity contribution in [3.63, 3.8) is 0 Å². The molecule has 0 saturated carbocycles. The highest BCUT2D eigenvalue weighted by atomic mass is 32.2. The van der Waals surface area contributed by atoms with Crippen molar-refractivity contribution in [1.82, 2.24) is 4.98 Å². The molecule has 0 aliphatic rings. The highest BCUT2D eigenvalue weighted by molar-refractivity contribution is 7.92. The average Bonchev–Trinajstić information content (AvgIpc) is 2.72. The molecular formula is C11H14N2O5S2. The minimum atomic E-state index is -3.56. The number of hydrogen-bond acceptors (Lipinski definition) is 6. The van der Waals surface area contributed by atoms with E-state index in [0.29, 0.717) is 4.88 Å². The van der Waals surface area contributed by atoms with Crippen molar-refractivity contribution in [2.75, 3.05) is 11.6 Å². The van der Waals surface area contributed by atoms with E-state index in [9.17, 15) is 18.0 Å². The van der Waals surface area contributed by atoms with Crippen LogP contribution in [-0.4, -0.2) is 41.4 Å². The zero-order valence-corrected chi connectivity index (χ0v) is 12.7. The Kier molecular flexibility index (Phi) is 4.66. The lowest BCUT2D eigenvalue weighted by atomic mass is 10.2. The number of amides is 1. The van der Waals surface area contributed by atoms with E-state index in [1.54, 1.807) is 0 Å². The number of carbonyl (C=O) groups is 2. The van der Waals surface area contributed by atoms with Crippen LogP contribution >= 0.6 is 11.3 Å². The first kappa shape index (κ1) is 16.3. The second-order valence-corrected chi connectivity index (χ2v) is 8.10. The zero-order valence-electron chi connectivity index (χ0n) is 11.1. The molecular weight excluding hydrogens is 304 g/mol. The fourth-order valence-electron chi connectivity index (χ4n) is 0.991. The molecule has 9 heteroatoms. The second kappa shape index (κ2) is 5.71. The van der Waals surface area contributed by atoms with E-state index in [1.165, 1.54) is 26.1 Å².